The van der Waals surface area contributed by atoms with Crippen LogP contribution in [0.5, 0.6) is 11.5 Å². The number of allylic oxidation sites excluding steroid dienone is 3. The molecule has 27 heavy (non-hydrogen) atoms. The third-order valence-electron chi connectivity index (χ3n) is 5.47. The maximum atomic E-state index is 12.7. The SMILES string of the molecule is COc1ccccc1/C=C/C1=C(C)C(=O)C[C@@H](c2ccccc2OC)[C@@H]1C. The molecular formula is C24H26O3. The summed E-state index contributed by atoms with van der Waals surface area (Å²) in [7, 11) is 3.35. The smallest absolute Gasteiger partial charge is 0.159 e. The van der Waals surface area contributed by atoms with Crippen molar-refractivity contribution in [2.45, 2.75) is 26.2 Å². The van der Waals surface area contributed by atoms with Crippen LogP contribution >= 0.6 is 0 Å². The summed E-state index contributed by atoms with van der Waals surface area (Å²) in [6.07, 6.45) is 4.61. The number of para-hydroxylation sites is 2. The van der Waals surface area contributed by atoms with Gasteiger partial charge >= 0.3 is 0 Å². The molecule has 140 valence electrons. The van der Waals surface area contributed by atoms with Gasteiger partial charge < -0.3 is 9.47 Å². The molecule has 3 nitrogen and oxygen atoms in total. The minimum absolute atomic E-state index is 0.106. The van der Waals surface area contributed by atoms with Gasteiger partial charge in [-0.2, -0.15) is 0 Å². The van der Waals surface area contributed by atoms with Gasteiger partial charge in [-0.05, 0) is 41.7 Å². The lowest BCUT2D eigenvalue weighted by Gasteiger charge is -2.31. The highest BCUT2D eigenvalue weighted by atomic mass is 16.5. The van der Waals surface area contributed by atoms with E-state index < -0.39 is 0 Å². The maximum Gasteiger partial charge on any atom is 0.159 e. The molecule has 2 aromatic carbocycles. The number of carbonyl (C=O) groups excluding carboxylic acids is 1. The van der Waals surface area contributed by atoms with Crippen LogP contribution in [-0.4, -0.2) is 20.0 Å². The summed E-state index contributed by atoms with van der Waals surface area (Å²) in [4.78, 5) is 12.7. The third-order valence-corrected chi connectivity index (χ3v) is 5.47. The van der Waals surface area contributed by atoms with Gasteiger partial charge in [0.1, 0.15) is 11.5 Å². The summed E-state index contributed by atoms with van der Waals surface area (Å²) in [5.41, 5.74) is 4.02. The van der Waals surface area contributed by atoms with Crippen LogP contribution in [0.1, 0.15) is 37.3 Å². The lowest BCUT2D eigenvalue weighted by Crippen LogP contribution is -2.24. The van der Waals surface area contributed by atoms with Gasteiger partial charge in [-0.25, -0.2) is 0 Å². The quantitative estimate of drug-likeness (QED) is 0.712. The first-order valence-corrected chi connectivity index (χ1v) is 9.24. The lowest BCUT2D eigenvalue weighted by atomic mass is 9.72. The first-order chi connectivity index (χ1) is 13.1. The van der Waals surface area contributed by atoms with Crippen LogP contribution in [0.2, 0.25) is 0 Å². The van der Waals surface area contributed by atoms with Crippen molar-refractivity contribution in [2.24, 2.45) is 5.92 Å². The zero-order valence-corrected chi connectivity index (χ0v) is 16.4. The standard InChI is InChI=1S/C24H26O3/c1-16-19(14-13-18-9-5-7-11-23(18)26-3)17(2)22(25)15-21(16)20-10-6-8-12-24(20)27-4/h5-14,16,21H,15H2,1-4H3/b14-13+/t16-,21-/m1/s1. The molecule has 0 spiro atoms. The van der Waals surface area contributed by atoms with E-state index in [-0.39, 0.29) is 17.6 Å². The van der Waals surface area contributed by atoms with Gasteiger partial charge in [0.25, 0.3) is 0 Å². The number of ether oxygens (including phenoxy) is 2. The molecule has 0 N–H and O–H groups in total. The molecular weight excluding hydrogens is 336 g/mol. The first kappa shape index (κ1) is 19.0. The molecule has 0 heterocycles. The average molecular weight is 362 g/mol. The Morgan fingerprint density at radius 1 is 0.926 bits per heavy atom. The van der Waals surface area contributed by atoms with E-state index in [4.69, 9.17) is 9.47 Å². The van der Waals surface area contributed by atoms with Crippen molar-refractivity contribution in [1.82, 2.24) is 0 Å². The predicted molar refractivity (Wildman–Crippen MR) is 109 cm³/mol. The molecule has 0 radical (unpaired) electrons. The molecule has 1 aliphatic carbocycles. The molecule has 3 rings (SSSR count). The number of hydrogen-bond acceptors (Lipinski definition) is 3. The van der Waals surface area contributed by atoms with Crippen molar-refractivity contribution in [2.75, 3.05) is 14.2 Å². The van der Waals surface area contributed by atoms with Crippen molar-refractivity contribution in [3.05, 3.63) is 76.9 Å². The average Bonchev–Trinajstić information content (AvgIpc) is 2.71. The number of Topliss-reactive ketones (excluding diaryl/α,β-unsaturated/α-hetero) is 1. The van der Waals surface area contributed by atoms with Crippen LogP contribution in [0.15, 0.2) is 65.8 Å². The van der Waals surface area contributed by atoms with Crippen molar-refractivity contribution in [3.63, 3.8) is 0 Å². The molecule has 0 saturated heterocycles. The molecule has 0 bridgehead atoms. The van der Waals surface area contributed by atoms with Gasteiger partial charge in [-0.1, -0.05) is 55.5 Å². The van der Waals surface area contributed by atoms with Crippen LogP contribution < -0.4 is 9.47 Å². The highest BCUT2D eigenvalue weighted by Gasteiger charge is 2.33. The van der Waals surface area contributed by atoms with Gasteiger partial charge in [0.05, 0.1) is 14.2 Å². The molecule has 0 aliphatic heterocycles. The van der Waals surface area contributed by atoms with E-state index in [2.05, 4.69) is 19.1 Å². The highest BCUT2D eigenvalue weighted by molar-refractivity contribution is 5.98. The van der Waals surface area contributed by atoms with Crippen LogP contribution in [0.25, 0.3) is 6.08 Å². The molecule has 2 aromatic rings. The van der Waals surface area contributed by atoms with Gasteiger partial charge in [0.2, 0.25) is 0 Å². The Morgan fingerprint density at radius 2 is 1.56 bits per heavy atom. The molecule has 0 unspecified atom stereocenters. The minimum Gasteiger partial charge on any atom is -0.496 e. The molecule has 0 amide bonds. The van der Waals surface area contributed by atoms with Crippen LogP contribution in [0.3, 0.4) is 0 Å². The van der Waals surface area contributed by atoms with Crippen molar-refractivity contribution in [3.8, 4) is 11.5 Å². The maximum absolute atomic E-state index is 12.7. The van der Waals surface area contributed by atoms with E-state index >= 15 is 0 Å². The summed E-state index contributed by atoms with van der Waals surface area (Å²) in [5.74, 6) is 2.18. The van der Waals surface area contributed by atoms with Crippen molar-refractivity contribution < 1.29 is 14.3 Å². The summed E-state index contributed by atoms with van der Waals surface area (Å²) < 4.78 is 11.0. The fourth-order valence-electron chi connectivity index (χ4n) is 3.86. The fourth-order valence-corrected chi connectivity index (χ4v) is 3.86. The Kier molecular flexibility index (Phi) is 5.80. The van der Waals surface area contributed by atoms with Crippen molar-refractivity contribution >= 4 is 11.9 Å². The second-order valence-corrected chi connectivity index (χ2v) is 6.92. The van der Waals surface area contributed by atoms with Crippen LogP contribution in [0, 0.1) is 5.92 Å². The van der Waals surface area contributed by atoms with Crippen LogP contribution in [0.4, 0.5) is 0 Å². The molecule has 0 saturated carbocycles. The number of benzene rings is 2. The van der Waals surface area contributed by atoms with E-state index in [1.807, 2.05) is 55.5 Å². The molecule has 3 heteroatoms. The van der Waals surface area contributed by atoms with E-state index in [0.29, 0.717) is 6.42 Å². The lowest BCUT2D eigenvalue weighted by molar-refractivity contribution is -0.116. The Balaban J connectivity index is 1.98. The van der Waals surface area contributed by atoms with E-state index in [9.17, 15) is 4.79 Å². The molecule has 1 aliphatic rings. The Labute approximate surface area is 161 Å². The summed E-state index contributed by atoms with van der Waals surface area (Å²) in [5, 5.41) is 0. The number of methoxy groups -OCH3 is 2. The predicted octanol–water partition coefficient (Wildman–Crippen LogP) is 5.43. The second-order valence-electron chi connectivity index (χ2n) is 6.92. The molecule has 0 fully saturated rings. The summed E-state index contributed by atoms with van der Waals surface area (Å²) >= 11 is 0. The summed E-state index contributed by atoms with van der Waals surface area (Å²) in [6.45, 7) is 4.12. The van der Waals surface area contributed by atoms with Crippen LogP contribution in [-0.2, 0) is 4.79 Å². The Bertz CT molecular complexity index is 892. The number of carbonyl (C=O) groups is 1. The van der Waals surface area contributed by atoms with E-state index in [1.54, 1.807) is 14.2 Å². The molecule has 2 atom stereocenters. The Morgan fingerprint density at radius 3 is 2.26 bits per heavy atom. The van der Waals surface area contributed by atoms with Gasteiger partial charge in [0.15, 0.2) is 5.78 Å². The van der Waals surface area contributed by atoms with E-state index in [1.165, 1.54) is 0 Å². The minimum atomic E-state index is 0.106. The topological polar surface area (TPSA) is 35.5 Å². The zero-order valence-electron chi connectivity index (χ0n) is 16.4. The molecule has 0 aromatic heterocycles. The van der Waals surface area contributed by atoms with E-state index in [0.717, 1.165) is 33.8 Å². The normalized spacial score (nSPS) is 20.2. The Hall–Kier alpha value is -2.81. The fraction of sp³-hybridized carbons (Fsp3) is 0.292. The number of hydrogen-bond donors (Lipinski definition) is 0. The largest absolute Gasteiger partial charge is 0.496 e. The van der Waals surface area contributed by atoms with Gasteiger partial charge in [0, 0.05) is 17.9 Å². The van der Waals surface area contributed by atoms with Gasteiger partial charge in [-0.15, -0.1) is 0 Å². The third kappa shape index (κ3) is 3.82. The van der Waals surface area contributed by atoms with Gasteiger partial charge in [-0.3, -0.25) is 4.79 Å². The monoisotopic (exact) mass is 362 g/mol. The zero-order chi connectivity index (χ0) is 19.4. The highest BCUT2D eigenvalue weighted by Crippen LogP contribution is 2.43. The second kappa shape index (κ2) is 8.26. The summed E-state index contributed by atoms with van der Waals surface area (Å²) in [6, 6.07) is 15.9. The number of ketones is 1. The van der Waals surface area contributed by atoms with Crippen molar-refractivity contribution in [1.29, 1.82) is 0 Å². The first-order valence-electron chi connectivity index (χ1n) is 9.24. The number of rotatable bonds is 5.